The largest absolute Gasteiger partial charge is 0.343 e. The molecule has 0 atom stereocenters. The summed E-state index contributed by atoms with van der Waals surface area (Å²) in [5.74, 6) is 0.760. The van der Waals surface area contributed by atoms with Crippen molar-refractivity contribution < 1.29 is 9.59 Å². The summed E-state index contributed by atoms with van der Waals surface area (Å²) >= 11 is 1.81. The number of carbonyl (C=O) groups excluding carboxylic acids is 2. The molecule has 0 N–H and O–H groups in total. The number of pyridine rings is 1. The van der Waals surface area contributed by atoms with E-state index in [1.165, 1.54) is 4.88 Å². The van der Waals surface area contributed by atoms with Gasteiger partial charge < -0.3 is 4.90 Å². The third kappa shape index (κ3) is 4.51. The molecule has 0 bridgehead atoms. The lowest BCUT2D eigenvalue weighted by Crippen LogP contribution is -2.38. The average molecular weight is 342 g/mol. The predicted octanol–water partition coefficient (Wildman–Crippen LogP) is 3.59. The van der Waals surface area contributed by atoms with E-state index >= 15 is 0 Å². The molecule has 24 heavy (non-hydrogen) atoms. The maximum absolute atomic E-state index is 12.3. The lowest BCUT2D eigenvalue weighted by atomic mass is 9.92. The van der Waals surface area contributed by atoms with Crippen molar-refractivity contribution in [3.63, 3.8) is 0 Å². The lowest BCUT2D eigenvalue weighted by molar-refractivity contribution is -0.132. The third-order valence-corrected chi connectivity index (χ3v) is 5.49. The average Bonchev–Trinajstić information content (AvgIpc) is 3.14. The van der Waals surface area contributed by atoms with Crippen molar-refractivity contribution in [3.8, 4) is 0 Å². The van der Waals surface area contributed by atoms with Gasteiger partial charge in [-0.1, -0.05) is 6.07 Å². The molecule has 2 aromatic heterocycles. The molecule has 4 nitrogen and oxygen atoms in total. The van der Waals surface area contributed by atoms with E-state index in [4.69, 9.17) is 0 Å². The van der Waals surface area contributed by atoms with Gasteiger partial charge in [-0.3, -0.25) is 14.6 Å². The number of aromatic nitrogens is 1. The summed E-state index contributed by atoms with van der Waals surface area (Å²) in [5.41, 5.74) is 0.583. The van der Waals surface area contributed by atoms with E-state index in [0.29, 0.717) is 17.9 Å². The Bertz CT molecular complexity index is 662. The van der Waals surface area contributed by atoms with Crippen LogP contribution in [0, 0.1) is 5.92 Å². The third-order valence-electron chi connectivity index (χ3n) is 4.59. The number of piperidine rings is 1. The summed E-state index contributed by atoms with van der Waals surface area (Å²) in [6.45, 7) is 1.63. The maximum Gasteiger partial charge on any atom is 0.223 e. The van der Waals surface area contributed by atoms with Crippen molar-refractivity contribution in [2.24, 2.45) is 5.92 Å². The second-order valence-electron chi connectivity index (χ2n) is 6.27. The SMILES string of the molecule is O=C(CCC(=O)N1CCC(Cc2cccs2)CC1)c1cccnc1. The van der Waals surface area contributed by atoms with Crippen molar-refractivity contribution in [2.75, 3.05) is 13.1 Å². The van der Waals surface area contributed by atoms with Gasteiger partial charge in [-0.15, -0.1) is 11.3 Å². The van der Waals surface area contributed by atoms with Crippen molar-refractivity contribution >= 4 is 23.0 Å². The highest BCUT2D eigenvalue weighted by atomic mass is 32.1. The minimum atomic E-state index is -0.0102. The number of ketones is 1. The van der Waals surface area contributed by atoms with E-state index in [9.17, 15) is 9.59 Å². The Hall–Kier alpha value is -2.01. The highest BCUT2D eigenvalue weighted by Crippen LogP contribution is 2.24. The van der Waals surface area contributed by atoms with Gasteiger partial charge in [0.1, 0.15) is 0 Å². The van der Waals surface area contributed by atoms with Gasteiger partial charge >= 0.3 is 0 Å². The summed E-state index contributed by atoms with van der Waals surface area (Å²) in [6, 6.07) is 7.77. The second kappa shape index (κ2) is 8.20. The lowest BCUT2D eigenvalue weighted by Gasteiger charge is -2.32. The van der Waals surface area contributed by atoms with Crippen LogP contribution in [0.1, 0.15) is 40.9 Å². The number of rotatable bonds is 6. The number of hydrogen-bond acceptors (Lipinski definition) is 4. The zero-order chi connectivity index (χ0) is 16.8. The second-order valence-corrected chi connectivity index (χ2v) is 7.30. The van der Waals surface area contributed by atoms with Gasteiger partial charge in [-0.05, 0) is 48.8 Å². The Labute approximate surface area is 146 Å². The first-order valence-electron chi connectivity index (χ1n) is 8.46. The number of thiophene rings is 1. The monoisotopic (exact) mass is 342 g/mol. The summed E-state index contributed by atoms with van der Waals surface area (Å²) in [5, 5.41) is 2.12. The molecule has 3 heterocycles. The van der Waals surface area contributed by atoms with E-state index in [2.05, 4.69) is 22.5 Å². The van der Waals surface area contributed by atoms with Gasteiger partial charge in [0.2, 0.25) is 5.91 Å². The maximum atomic E-state index is 12.3. The number of nitrogens with zero attached hydrogens (tertiary/aromatic N) is 2. The molecule has 1 amide bonds. The van der Waals surface area contributed by atoms with Crippen LogP contribution in [0.5, 0.6) is 0 Å². The smallest absolute Gasteiger partial charge is 0.223 e. The van der Waals surface area contributed by atoms with Gasteiger partial charge in [0.25, 0.3) is 0 Å². The Balaban J connectivity index is 1.41. The normalized spacial score (nSPS) is 15.4. The summed E-state index contributed by atoms with van der Waals surface area (Å²) < 4.78 is 0. The Morgan fingerprint density at radius 1 is 1.17 bits per heavy atom. The number of hydrogen-bond donors (Lipinski definition) is 0. The molecule has 1 fully saturated rings. The standard InChI is InChI=1S/C19H22N2O2S/c22-18(16-3-1-9-20-14-16)5-6-19(23)21-10-7-15(8-11-21)13-17-4-2-12-24-17/h1-4,9,12,14-15H,5-8,10-11,13H2. The molecule has 0 saturated carbocycles. The molecule has 126 valence electrons. The molecular weight excluding hydrogens is 320 g/mol. The molecular formula is C19H22N2O2S. The number of carbonyl (C=O) groups is 2. The first-order chi connectivity index (χ1) is 11.7. The molecule has 2 aromatic rings. The molecule has 0 radical (unpaired) electrons. The van der Waals surface area contributed by atoms with Crippen LogP contribution >= 0.6 is 11.3 Å². The van der Waals surface area contributed by atoms with Gasteiger partial charge in [0.15, 0.2) is 5.78 Å². The summed E-state index contributed by atoms with van der Waals surface area (Å²) in [4.78, 5) is 31.7. The Kier molecular flexibility index (Phi) is 5.75. The van der Waals surface area contributed by atoms with Crippen LogP contribution in [0.2, 0.25) is 0 Å². The van der Waals surface area contributed by atoms with Crippen molar-refractivity contribution in [2.45, 2.75) is 32.1 Å². The molecule has 1 saturated heterocycles. The fraction of sp³-hybridized carbons (Fsp3) is 0.421. The van der Waals surface area contributed by atoms with Crippen LogP contribution in [-0.4, -0.2) is 34.7 Å². The molecule has 3 rings (SSSR count). The molecule has 1 aliphatic heterocycles. The van der Waals surface area contributed by atoms with E-state index in [0.717, 1.165) is 32.4 Å². The molecule has 0 unspecified atom stereocenters. The van der Waals surface area contributed by atoms with Gasteiger partial charge in [0, 0.05) is 48.8 Å². The molecule has 0 aliphatic carbocycles. The van der Waals surface area contributed by atoms with E-state index < -0.39 is 0 Å². The number of Topliss-reactive ketones (excluding diaryl/α,β-unsaturated/α-hetero) is 1. The highest BCUT2D eigenvalue weighted by molar-refractivity contribution is 7.09. The van der Waals surface area contributed by atoms with Crippen LogP contribution in [0.15, 0.2) is 42.0 Å². The molecule has 5 heteroatoms. The Morgan fingerprint density at radius 3 is 2.67 bits per heavy atom. The fourth-order valence-electron chi connectivity index (χ4n) is 3.15. The van der Waals surface area contributed by atoms with Crippen LogP contribution in [0.4, 0.5) is 0 Å². The van der Waals surface area contributed by atoms with E-state index in [1.807, 2.05) is 16.2 Å². The van der Waals surface area contributed by atoms with Crippen LogP contribution < -0.4 is 0 Å². The van der Waals surface area contributed by atoms with Crippen molar-refractivity contribution in [3.05, 3.63) is 52.5 Å². The topological polar surface area (TPSA) is 50.3 Å². The summed E-state index contributed by atoms with van der Waals surface area (Å²) in [7, 11) is 0. The van der Waals surface area contributed by atoms with Gasteiger partial charge in [0.05, 0.1) is 0 Å². The van der Waals surface area contributed by atoms with Crippen molar-refractivity contribution in [1.82, 2.24) is 9.88 Å². The predicted molar refractivity (Wildman–Crippen MR) is 95.1 cm³/mol. The van der Waals surface area contributed by atoms with Crippen LogP contribution in [0.3, 0.4) is 0 Å². The molecule has 1 aliphatic rings. The quantitative estimate of drug-likeness (QED) is 0.754. The highest BCUT2D eigenvalue weighted by Gasteiger charge is 2.23. The first kappa shape index (κ1) is 16.8. The fourth-order valence-corrected chi connectivity index (χ4v) is 3.97. The first-order valence-corrected chi connectivity index (χ1v) is 9.33. The zero-order valence-corrected chi connectivity index (χ0v) is 14.5. The minimum absolute atomic E-state index is 0.0102. The molecule has 0 spiro atoms. The van der Waals surface area contributed by atoms with Crippen LogP contribution in [-0.2, 0) is 11.2 Å². The van der Waals surface area contributed by atoms with Crippen LogP contribution in [0.25, 0.3) is 0 Å². The van der Waals surface area contributed by atoms with Gasteiger partial charge in [-0.2, -0.15) is 0 Å². The summed E-state index contributed by atoms with van der Waals surface area (Å²) in [6.07, 6.45) is 6.99. The molecule has 0 aromatic carbocycles. The zero-order valence-electron chi connectivity index (χ0n) is 13.7. The van der Waals surface area contributed by atoms with E-state index in [1.54, 1.807) is 24.5 Å². The minimum Gasteiger partial charge on any atom is -0.343 e. The Morgan fingerprint density at radius 2 is 2.00 bits per heavy atom. The van der Waals surface area contributed by atoms with Gasteiger partial charge in [-0.25, -0.2) is 0 Å². The van der Waals surface area contributed by atoms with Crippen molar-refractivity contribution in [1.29, 1.82) is 0 Å². The van der Waals surface area contributed by atoms with E-state index in [-0.39, 0.29) is 18.1 Å². The number of likely N-dealkylation sites (tertiary alicyclic amines) is 1. The number of amides is 1.